The molecule has 1 N–H and O–H groups in total. The monoisotopic (exact) mass is 1820 g/mol. The van der Waals surface area contributed by atoms with Crippen LogP contribution < -0.4 is 0 Å². The number of aliphatic hydroxyl groups is 1. The van der Waals surface area contributed by atoms with Crippen LogP contribution in [0.15, 0.2) is 320 Å². The first-order valence-corrected chi connectivity index (χ1v) is 31.4. The summed E-state index contributed by atoms with van der Waals surface area (Å²) in [6, 6.07) is 107. The largest absolute Gasteiger partial charge is 0.512 e. The number of para-hydroxylation sites is 1. The Bertz CT molecular complexity index is 4910. The van der Waals surface area contributed by atoms with E-state index in [1.165, 1.54) is 64.4 Å². The maximum absolute atomic E-state index is 10.0. The molecule has 0 unspecified atom stereocenters. The van der Waals surface area contributed by atoms with E-state index < -0.39 is 0 Å². The zero-order chi connectivity index (χ0) is 66.9. The van der Waals surface area contributed by atoms with Gasteiger partial charge < -0.3 is 34.4 Å². The van der Waals surface area contributed by atoms with Crippen molar-refractivity contribution >= 4 is 27.7 Å². The molecule has 497 valence electrons. The van der Waals surface area contributed by atoms with E-state index in [9.17, 15) is 4.79 Å². The number of aryl methyl sites for hydroxylation is 4. The predicted octanol–water partition coefficient (Wildman–Crippen LogP) is 21.9. The van der Waals surface area contributed by atoms with Crippen molar-refractivity contribution in [1.29, 1.82) is 0 Å². The Morgan fingerprint density at radius 3 is 1.42 bits per heavy atom. The first-order valence-electron chi connectivity index (χ1n) is 31.4. The van der Waals surface area contributed by atoms with Crippen LogP contribution in [0.5, 0.6) is 0 Å². The van der Waals surface area contributed by atoms with Crippen molar-refractivity contribution in [1.82, 2.24) is 24.9 Å². The third kappa shape index (κ3) is 22.1. The number of benzene rings is 9. The number of hydrogen-bond donors (Lipinski definition) is 1. The molecule has 0 spiro atoms. The summed E-state index contributed by atoms with van der Waals surface area (Å²) in [4.78, 5) is 32.1. The Kier molecular flexibility index (Phi) is 30.1. The average molecular weight is 1820 g/mol. The SMILES string of the molecule is CC(=O)C=C(C)O.Cc1cc(-c2[c-]cccc2)ncc1-c1ccccc1.Cc1ccc(-c2[c-]cccc2)nc1.Cc1cccc2c1oc1c(-c3cc(-c4ccccc4)ccn3)[c-]ccc12.Cc1ccnc(-c2[c-]ccc(-c3ccccc3)c2)c1.[Ir].[Ir].[Ir].[c-]1ccccc1-c1ccccn1. The van der Waals surface area contributed by atoms with Crippen LogP contribution >= 0.6 is 0 Å². The van der Waals surface area contributed by atoms with Gasteiger partial charge in [0.15, 0.2) is 5.78 Å². The van der Waals surface area contributed by atoms with Gasteiger partial charge in [0.25, 0.3) is 0 Å². The second kappa shape index (κ2) is 39.2. The molecule has 0 saturated heterocycles. The first kappa shape index (κ1) is 76.1. The predicted molar refractivity (Wildman–Crippen MR) is 392 cm³/mol. The Balaban J connectivity index is 0.000000172. The minimum atomic E-state index is -0.125. The molecule has 11 heteroatoms. The maximum Gasteiger partial charge on any atom is 0.155 e. The summed E-state index contributed by atoms with van der Waals surface area (Å²) in [6.07, 6.45) is 10.5. The summed E-state index contributed by atoms with van der Waals surface area (Å²) >= 11 is 0. The summed E-state index contributed by atoms with van der Waals surface area (Å²) in [5, 5.41) is 10.6. The van der Waals surface area contributed by atoms with Gasteiger partial charge in [-0.25, -0.2) is 0 Å². The van der Waals surface area contributed by atoms with E-state index in [4.69, 9.17) is 9.52 Å². The Labute approximate surface area is 621 Å². The normalized spacial score (nSPS) is 10.2. The fraction of sp³-hybridized carbons (Fsp3) is 0.0682. The zero-order valence-corrected chi connectivity index (χ0v) is 62.6. The average Bonchev–Trinajstić information content (AvgIpc) is 1.62. The van der Waals surface area contributed by atoms with Gasteiger partial charge in [-0.1, -0.05) is 168 Å². The maximum atomic E-state index is 10.0. The standard InChI is InChI=1S/C24H16NO.2C18H14N.C12H10N.C11H8N.C5H8O2.3Ir/c1-16-7-5-10-19-20-11-6-12-21(24(20)26-23(16)19)22-15-18(13-14-25-22)17-8-3-2-4-9-17;1-14-12-18(16-10-6-3-7-11-16)19-13-17(14)15-8-4-2-5-9-15;1-14-10-11-19-18(12-14)17-9-5-8-16(13-17)15-6-3-2-4-7-15;1-10-7-8-12(13-9-10)11-5-3-2-4-6-11;1-2-6-10(7-3-1)11-8-4-5-9-12-11;1-4(6)3-5(2)7;;;/h2-11,13-15H,1H3;2-10,12-13H,1H3;2-8,10-13H,1H3;2-5,7-9H,1H3;1-6,8-9H;3,6H,1-2H3;;;/q5*-1;;;;. The second-order valence-corrected chi connectivity index (χ2v) is 22.4. The molecular weight excluding hydrogens is 1750 g/mol. The minimum Gasteiger partial charge on any atom is -0.512 e. The van der Waals surface area contributed by atoms with E-state index in [1.807, 2.05) is 196 Å². The van der Waals surface area contributed by atoms with Crippen LogP contribution in [-0.4, -0.2) is 35.8 Å². The quantitative estimate of drug-likeness (QED) is 0.0863. The zero-order valence-electron chi connectivity index (χ0n) is 55.4. The second-order valence-electron chi connectivity index (χ2n) is 22.4. The van der Waals surface area contributed by atoms with Crippen molar-refractivity contribution in [3.8, 4) is 89.7 Å². The molecule has 6 heterocycles. The van der Waals surface area contributed by atoms with E-state index >= 15 is 0 Å². The number of allylic oxidation sites excluding steroid dienone is 2. The Hall–Kier alpha value is -10.3. The number of aliphatic hydroxyl groups excluding tert-OH is 1. The first-order chi connectivity index (χ1) is 46.9. The van der Waals surface area contributed by atoms with E-state index in [0.717, 1.165) is 89.4 Å². The van der Waals surface area contributed by atoms with E-state index in [0.29, 0.717) is 0 Å². The molecule has 0 aliphatic heterocycles. The number of furan rings is 1. The minimum absolute atomic E-state index is 0. The molecule has 8 nitrogen and oxygen atoms in total. The third-order valence-corrected chi connectivity index (χ3v) is 15.0. The number of carbonyl (C=O) groups is 1. The number of ketones is 1. The van der Waals surface area contributed by atoms with Crippen molar-refractivity contribution in [2.24, 2.45) is 0 Å². The van der Waals surface area contributed by atoms with Gasteiger partial charge in [0, 0.05) is 108 Å². The van der Waals surface area contributed by atoms with Crippen LogP contribution in [-0.2, 0) is 65.1 Å². The van der Waals surface area contributed by atoms with Gasteiger partial charge >= 0.3 is 0 Å². The van der Waals surface area contributed by atoms with Gasteiger partial charge in [-0.2, -0.15) is 0 Å². The van der Waals surface area contributed by atoms with Crippen LogP contribution in [0.4, 0.5) is 0 Å². The van der Waals surface area contributed by atoms with Crippen LogP contribution in [0, 0.1) is 58.0 Å². The topological polar surface area (TPSA) is 115 Å². The fourth-order valence-corrected chi connectivity index (χ4v) is 10.3. The van der Waals surface area contributed by atoms with E-state index in [2.05, 4.69) is 185 Å². The Morgan fingerprint density at radius 2 is 0.879 bits per heavy atom. The van der Waals surface area contributed by atoms with Crippen molar-refractivity contribution in [3.63, 3.8) is 0 Å². The molecule has 0 aliphatic carbocycles. The number of carbonyl (C=O) groups excluding carboxylic acids is 1. The molecule has 0 aliphatic rings. The summed E-state index contributed by atoms with van der Waals surface area (Å²) in [7, 11) is 0. The molecule has 6 aromatic heterocycles. The fourth-order valence-electron chi connectivity index (χ4n) is 10.3. The molecule has 0 fully saturated rings. The molecule has 9 aromatic carbocycles. The van der Waals surface area contributed by atoms with Gasteiger partial charge in [-0.3, -0.25) is 4.79 Å². The van der Waals surface area contributed by atoms with Crippen LogP contribution in [0.25, 0.3) is 112 Å². The number of nitrogens with zero attached hydrogens (tertiary/aromatic N) is 5. The third-order valence-electron chi connectivity index (χ3n) is 15.0. The van der Waals surface area contributed by atoms with Gasteiger partial charge in [-0.05, 0) is 127 Å². The summed E-state index contributed by atoms with van der Waals surface area (Å²) < 4.78 is 6.24. The molecule has 0 bridgehead atoms. The van der Waals surface area contributed by atoms with Gasteiger partial charge in [-0.15, -0.1) is 161 Å². The molecule has 15 aromatic rings. The van der Waals surface area contributed by atoms with Crippen LogP contribution in [0.2, 0.25) is 0 Å². The summed E-state index contributed by atoms with van der Waals surface area (Å²) in [6.45, 7) is 11.2. The number of hydrogen-bond acceptors (Lipinski definition) is 8. The number of aromatic nitrogens is 5. The Morgan fingerprint density at radius 1 is 0.364 bits per heavy atom. The molecule has 3 radical (unpaired) electrons. The summed E-state index contributed by atoms with van der Waals surface area (Å²) in [5.41, 5.74) is 23.4. The molecule has 15 rings (SSSR count). The van der Waals surface area contributed by atoms with Crippen molar-refractivity contribution in [2.75, 3.05) is 0 Å². The van der Waals surface area contributed by atoms with E-state index in [1.54, 1.807) is 6.20 Å². The molecule has 99 heavy (non-hydrogen) atoms. The van der Waals surface area contributed by atoms with Crippen LogP contribution in [0.1, 0.15) is 36.1 Å². The van der Waals surface area contributed by atoms with Crippen molar-refractivity contribution < 1.29 is 74.6 Å². The molecular formula is C88H70Ir3N5O3-5. The molecule has 0 saturated carbocycles. The number of fused-ring (bicyclic) bond motifs is 3. The van der Waals surface area contributed by atoms with Crippen LogP contribution in [0.3, 0.4) is 0 Å². The van der Waals surface area contributed by atoms with Gasteiger partial charge in [0.05, 0.1) is 11.3 Å². The van der Waals surface area contributed by atoms with Crippen molar-refractivity contribution in [3.05, 3.63) is 368 Å². The molecule has 0 amide bonds. The van der Waals surface area contributed by atoms with Gasteiger partial charge in [0.1, 0.15) is 5.58 Å². The number of pyridine rings is 5. The van der Waals surface area contributed by atoms with E-state index in [-0.39, 0.29) is 71.9 Å². The smallest absolute Gasteiger partial charge is 0.155 e. The number of rotatable bonds is 9. The van der Waals surface area contributed by atoms with Crippen molar-refractivity contribution in [2.45, 2.75) is 41.5 Å². The summed E-state index contributed by atoms with van der Waals surface area (Å²) in [5.74, 6) is -0.0625. The molecule has 0 atom stereocenters. The van der Waals surface area contributed by atoms with Gasteiger partial charge in [0.2, 0.25) is 0 Å².